The highest BCUT2D eigenvalue weighted by Gasteiger charge is 2.23. The van der Waals surface area contributed by atoms with Gasteiger partial charge in [-0.25, -0.2) is 4.79 Å². The lowest BCUT2D eigenvalue weighted by molar-refractivity contribution is 0.0307. The first kappa shape index (κ1) is 21.5. The molecule has 0 aromatic heterocycles. The summed E-state index contributed by atoms with van der Waals surface area (Å²) in [5.41, 5.74) is 2.22. The number of anilines is 1. The molecule has 0 radical (unpaired) electrons. The molecule has 0 bridgehead atoms. The van der Waals surface area contributed by atoms with Crippen LogP contribution in [0.15, 0.2) is 24.3 Å². The van der Waals surface area contributed by atoms with Crippen molar-refractivity contribution in [3.8, 4) is 0 Å². The second kappa shape index (κ2) is 10.5. The van der Waals surface area contributed by atoms with Gasteiger partial charge in [-0.2, -0.15) is 0 Å². The average molecular weight is 376 g/mol. The number of rotatable bonds is 6. The number of hydrogen-bond acceptors (Lipinski definition) is 4. The van der Waals surface area contributed by atoms with Crippen LogP contribution in [0.25, 0.3) is 0 Å². The van der Waals surface area contributed by atoms with Crippen LogP contribution in [-0.2, 0) is 11.3 Å². The lowest BCUT2D eigenvalue weighted by Gasteiger charge is -2.26. The first-order valence-electron chi connectivity index (χ1n) is 10.4. The Kier molecular flexibility index (Phi) is 8.42. The molecule has 152 valence electrons. The van der Waals surface area contributed by atoms with Crippen molar-refractivity contribution in [3.05, 3.63) is 29.8 Å². The number of nitrogens with zero attached hydrogens (tertiary/aromatic N) is 2. The van der Waals surface area contributed by atoms with E-state index < -0.39 is 5.60 Å². The van der Waals surface area contributed by atoms with Gasteiger partial charge >= 0.3 is 6.09 Å². The second-order valence-electron chi connectivity index (χ2n) is 8.25. The molecule has 1 heterocycles. The number of amides is 1. The van der Waals surface area contributed by atoms with Crippen LogP contribution >= 0.6 is 0 Å². The summed E-state index contributed by atoms with van der Waals surface area (Å²) in [6.45, 7) is 10.9. The quantitative estimate of drug-likeness (QED) is 0.800. The van der Waals surface area contributed by atoms with Crippen molar-refractivity contribution < 1.29 is 9.53 Å². The normalized spacial score (nSPS) is 18.9. The summed E-state index contributed by atoms with van der Waals surface area (Å²) in [6, 6.07) is 8.96. The highest BCUT2D eigenvalue weighted by atomic mass is 16.6. The number of carbonyl (C=O) groups is 1. The third kappa shape index (κ3) is 7.79. The summed E-state index contributed by atoms with van der Waals surface area (Å²) in [4.78, 5) is 16.6. The maximum Gasteiger partial charge on any atom is 0.407 e. The number of alkyl carbamates (subject to hydrolysis) is 1. The van der Waals surface area contributed by atoms with Gasteiger partial charge < -0.3 is 15.0 Å². The van der Waals surface area contributed by atoms with Crippen molar-refractivity contribution in [2.75, 3.05) is 38.1 Å². The Hall–Kier alpha value is -1.75. The largest absolute Gasteiger partial charge is 0.444 e. The van der Waals surface area contributed by atoms with E-state index in [9.17, 15) is 4.79 Å². The Balaban J connectivity index is 1.92. The van der Waals surface area contributed by atoms with Gasteiger partial charge in [0, 0.05) is 38.9 Å². The topological polar surface area (TPSA) is 44.8 Å². The van der Waals surface area contributed by atoms with E-state index in [0.717, 1.165) is 45.4 Å². The minimum absolute atomic E-state index is 0.295. The Morgan fingerprint density at radius 2 is 1.89 bits per heavy atom. The third-order valence-corrected chi connectivity index (χ3v) is 5.17. The van der Waals surface area contributed by atoms with Gasteiger partial charge in [0.1, 0.15) is 5.60 Å². The van der Waals surface area contributed by atoms with E-state index in [2.05, 4.69) is 53.4 Å². The molecule has 27 heavy (non-hydrogen) atoms. The number of ether oxygens (including phenoxy) is 1. The number of unbranched alkanes of at least 4 members (excludes halogenated alkanes) is 1. The van der Waals surface area contributed by atoms with Crippen LogP contribution in [0.4, 0.5) is 10.5 Å². The summed E-state index contributed by atoms with van der Waals surface area (Å²) >= 11 is 0. The van der Waals surface area contributed by atoms with E-state index in [-0.39, 0.29) is 6.09 Å². The van der Waals surface area contributed by atoms with E-state index >= 15 is 0 Å². The van der Waals surface area contributed by atoms with E-state index in [4.69, 9.17) is 4.74 Å². The lowest BCUT2D eigenvalue weighted by atomic mass is 10.0. The zero-order valence-electron chi connectivity index (χ0n) is 17.6. The average Bonchev–Trinajstić information content (AvgIpc) is 2.65. The summed E-state index contributed by atoms with van der Waals surface area (Å²) in [7, 11) is 2.16. The van der Waals surface area contributed by atoms with Crippen molar-refractivity contribution in [1.82, 2.24) is 10.2 Å². The van der Waals surface area contributed by atoms with Gasteiger partial charge in [0.15, 0.2) is 0 Å². The minimum atomic E-state index is -0.412. The zero-order chi connectivity index (χ0) is 19.7. The van der Waals surface area contributed by atoms with Crippen LogP contribution in [0.3, 0.4) is 0 Å². The number of benzene rings is 1. The molecule has 1 amide bonds. The van der Waals surface area contributed by atoms with Crippen LogP contribution in [-0.4, -0.2) is 49.8 Å². The fraction of sp³-hybridized carbons (Fsp3) is 0.682. The lowest BCUT2D eigenvalue weighted by Crippen LogP contribution is -2.35. The minimum Gasteiger partial charge on any atom is -0.444 e. The van der Waals surface area contributed by atoms with Gasteiger partial charge in [-0.3, -0.25) is 4.90 Å². The molecule has 1 fully saturated rings. The molecule has 1 aromatic rings. The maximum atomic E-state index is 11.8. The van der Waals surface area contributed by atoms with Gasteiger partial charge in [0.25, 0.3) is 0 Å². The molecule has 5 nitrogen and oxygen atoms in total. The molecule has 1 saturated heterocycles. The van der Waals surface area contributed by atoms with Crippen molar-refractivity contribution in [2.24, 2.45) is 0 Å². The molecule has 0 unspecified atom stereocenters. The van der Waals surface area contributed by atoms with Crippen LogP contribution in [0.5, 0.6) is 0 Å². The van der Waals surface area contributed by atoms with Gasteiger partial charge in [-0.1, -0.05) is 25.5 Å². The van der Waals surface area contributed by atoms with Gasteiger partial charge in [-0.15, -0.1) is 0 Å². The molecule has 0 aliphatic carbocycles. The predicted octanol–water partition coefficient (Wildman–Crippen LogP) is 4.41. The monoisotopic (exact) mass is 375 g/mol. The highest BCUT2D eigenvalue weighted by molar-refractivity contribution is 5.67. The Morgan fingerprint density at radius 3 is 2.59 bits per heavy atom. The van der Waals surface area contributed by atoms with Crippen molar-refractivity contribution in [1.29, 1.82) is 0 Å². The third-order valence-electron chi connectivity index (χ3n) is 5.17. The molecular formula is C22H37N3O2. The standard InChI is InChI=1S/C22H37N3O2/c1-5-6-15-24(4)20-11-9-19(10-12-20)18-25-16-7-13-22(2,3)27-21(26)23-14-8-17-25/h9-12H,5-8,13-18H2,1-4H3,(H,23,26). The summed E-state index contributed by atoms with van der Waals surface area (Å²) in [5.74, 6) is 0. The van der Waals surface area contributed by atoms with Crippen molar-refractivity contribution in [3.63, 3.8) is 0 Å². The van der Waals surface area contributed by atoms with Crippen molar-refractivity contribution >= 4 is 11.8 Å². The molecule has 5 heteroatoms. The Bertz CT molecular complexity index is 571. The van der Waals surface area contributed by atoms with Crippen LogP contribution in [0.2, 0.25) is 0 Å². The molecular weight excluding hydrogens is 338 g/mol. The Morgan fingerprint density at radius 1 is 1.19 bits per heavy atom. The molecule has 1 N–H and O–H groups in total. The van der Waals surface area contributed by atoms with Crippen LogP contribution < -0.4 is 10.2 Å². The molecule has 0 atom stereocenters. The molecule has 0 spiro atoms. The molecule has 1 aliphatic rings. The molecule has 2 rings (SSSR count). The summed E-state index contributed by atoms with van der Waals surface area (Å²) < 4.78 is 5.51. The van der Waals surface area contributed by atoms with E-state index in [0.29, 0.717) is 6.54 Å². The first-order chi connectivity index (χ1) is 12.9. The van der Waals surface area contributed by atoms with Crippen molar-refractivity contribution in [2.45, 2.75) is 65.0 Å². The maximum absolute atomic E-state index is 11.8. The molecule has 1 aromatic carbocycles. The van der Waals surface area contributed by atoms with E-state index in [1.54, 1.807) is 0 Å². The fourth-order valence-electron chi connectivity index (χ4n) is 3.47. The summed E-state index contributed by atoms with van der Waals surface area (Å²) in [6.07, 6.45) is 4.99. The van der Waals surface area contributed by atoms with E-state index in [1.807, 2.05) is 13.8 Å². The van der Waals surface area contributed by atoms with Crippen LogP contribution in [0, 0.1) is 0 Å². The molecule has 1 aliphatic heterocycles. The Labute approximate surface area is 165 Å². The second-order valence-corrected chi connectivity index (χ2v) is 8.25. The van der Waals surface area contributed by atoms with Gasteiger partial charge in [0.05, 0.1) is 0 Å². The SMILES string of the molecule is CCCCN(C)c1ccc(CN2CCCNC(=O)OC(C)(C)CCC2)cc1. The summed E-state index contributed by atoms with van der Waals surface area (Å²) in [5, 5.41) is 2.86. The zero-order valence-corrected chi connectivity index (χ0v) is 17.6. The smallest absolute Gasteiger partial charge is 0.407 e. The first-order valence-corrected chi connectivity index (χ1v) is 10.4. The predicted molar refractivity (Wildman–Crippen MR) is 112 cm³/mol. The number of cyclic esters (lactones) is 1. The molecule has 0 saturated carbocycles. The van der Waals surface area contributed by atoms with E-state index in [1.165, 1.54) is 24.1 Å². The van der Waals surface area contributed by atoms with Gasteiger partial charge in [0.2, 0.25) is 0 Å². The fourth-order valence-corrected chi connectivity index (χ4v) is 3.47. The highest BCUT2D eigenvalue weighted by Crippen LogP contribution is 2.19. The number of nitrogens with one attached hydrogen (secondary N) is 1. The van der Waals surface area contributed by atoms with Gasteiger partial charge in [-0.05, 0) is 63.8 Å². The number of hydrogen-bond donors (Lipinski definition) is 1. The van der Waals surface area contributed by atoms with Crippen LogP contribution in [0.1, 0.15) is 58.4 Å². The number of carbonyl (C=O) groups excluding carboxylic acids is 1.